The number of hydrogen-bond acceptors (Lipinski definition) is 1. The predicted molar refractivity (Wildman–Crippen MR) is 75.1 cm³/mol. The van der Waals surface area contributed by atoms with Crippen LogP contribution < -0.4 is 0 Å². The van der Waals surface area contributed by atoms with Crippen LogP contribution in [0.5, 0.6) is 0 Å². The number of hydrogen-bond donors (Lipinski definition) is 0. The van der Waals surface area contributed by atoms with Gasteiger partial charge in [0.05, 0.1) is 0 Å². The predicted octanol–water partition coefficient (Wildman–Crippen LogP) is 3.90. The van der Waals surface area contributed by atoms with Gasteiger partial charge in [-0.1, -0.05) is 6.07 Å². The maximum atomic E-state index is 14.1. The maximum absolute atomic E-state index is 14.1. The third-order valence-corrected chi connectivity index (χ3v) is 4.07. The number of carbonyl (C=O) groups excluding carboxylic acids is 1. The minimum Gasteiger partial charge on any atom is -0.335 e. The number of alkyl halides is 1. The Kier molecular flexibility index (Phi) is 4.97. The van der Waals surface area contributed by atoms with Crippen molar-refractivity contribution in [2.45, 2.75) is 38.6 Å². The van der Waals surface area contributed by atoms with Crippen molar-refractivity contribution in [1.29, 1.82) is 0 Å². The van der Waals surface area contributed by atoms with Crippen LogP contribution in [-0.2, 0) is 0 Å². The lowest BCUT2D eigenvalue weighted by atomic mass is 9.90. The van der Waals surface area contributed by atoms with E-state index in [1.54, 1.807) is 4.90 Å². The smallest absolute Gasteiger partial charge is 0.260 e. The number of nitrogens with zero attached hydrogens (tertiary/aromatic N) is 1. The average Bonchev–Trinajstić information content (AvgIpc) is 2.36. The quantitative estimate of drug-likeness (QED) is 0.755. The molecule has 5 heteroatoms. The Balaban J connectivity index is 2.29. The number of amides is 1. The lowest BCUT2D eigenvalue weighted by molar-refractivity contribution is 0.0570. The minimum atomic E-state index is -0.798. The van der Waals surface area contributed by atoms with Gasteiger partial charge in [-0.3, -0.25) is 4.79 Å². The van der Waals surface area contributed by atoms with E-state index in [4.69, 9.17) is 11.6 Å². The van der Waals surface area contributed by atoms with Crippen LogP contribution >= 0.6 is 11.6 Å². The van der Waals surface area contributed by atoms with E-state index >= 15 is 0 Å². The number of rotatable bonds is 5. The van der Waals surface area contributed by atoms with Crippen molar-refractivity contribution in [3.05, 3.63) is 34.9 Å². The molecule has 0 radical (unpaired) electrons. The molecule has 1 saturated carbocycles. The highest BCUT2D eigenvalue weighted by atomic mass is 35.5. The van der Waals surface area contributed by atoms with Gasteiger partial charge in [0, 0.05) is 18.5 Å². The fraction of sp³-hybridized carbons (Fsp3) is 0.533. The zero-order valence-electron chi connectivity index (χ0n) is 11.5. The van der Waals surface area contributed by atoms with Gasteiger partial charge < -0.3 is 4.90 Å². The highest BCUT2D eigenvalue weighted by molar-refractivity contribution is 6.17. The molecule has 0 saturated heterocycles. The van der Waals surface area contributed by atoms with Gasteiger partial charge in [0.15, 0.2) is 0 Å². The molecule has 0 spiro atoms. The molecule has 1 aliphatic rings. The van der Waals surface area contributed by atoms with Gasteiger partial charge >= 0.3 is 0 Å². The molecular weight excluding hydrogens is 284 g/mol. The Bertz CT molecular complexity index is 503. The summed E-state index contributed by atoms with van der Waals surface area (Å²) in [6.07, 6.45) is 3.46. The number of benzene rings is 1. The fourth-order valence-corrected chi connectivity index (χ4v) is 2.49. The van der Waals surface area contributed by atoms with Crippen LogP contribution in [-0.4, -0.2) is 29.3 Å². The van der Waals surface area contributed by atoms with E-state index in [0.29, 0.717) is 18.8 Å². The molecule has 110 valence electrons. The van der Waals surface area contributed by atoms with Gasteiger partial charge in [0.25, 0.3) is 5.91 Å². The summed E-state index contributed by atoms with van der Waals surface area (Å²) in [5, 5.41) is 0. The largest absolute Gasteiger partial charge is 0.335 e. The Hall–Kier alpha value is -1.16. The normalized spacial score (nSPS) is 15.0. The van der Waals surface area contributed by atoms with Crippen LogP contribution in [0.4, 0.5) is 8.78 Å². The van der Waals surface area contributed by atoms with Crippen LogP contribution in [0.3, 0.4) is 0 Å². The minimum absolute atomic E-state index is 0.0880. The third-order valence-electron chi connectivity index (χ3n) is 3.81. The van der Waals surface area contributed by atoms with Crippen molar-refractivity contribution in [1.82, 2.24) is 4.90 Å². The van der Waals surface area contributed by atoms with E-state index in [1.807, 2.05) is 0 Å². The summed E-state index contributed by atoms with van der Waals surface area (Å²) in [5.74, 6) is -1.69. The molecule has 1 aromatic carbocycles. The Morgan fingerprint density at radius 2 is 2.10 bits per heavy atom. The second kappa shape index (κ2) is 6.53. The van der Waals surface area contributed by atoms with Crippen LogP contribution in [0, 0.1) is 18.6 Å². The summed E-state index contributed by atoms with van der Waals surface area (Å²) in [6, 6.07) is 2.57. The number of carbonyl (C=O) groups is 1. The van der Waals surface area contributed by atoms with E-state index in [2.05, 4.69) is 0 Å². The lowest BCUT2D eigenvalue weighted by Gasteiger charge is -2.37. The van der Waals surface area contributed by atoms with Crippen LogP contribution in [0.2, 0.25) is 0 Å². The van der Waals surface area contributed by atoms with Crippen LogP contribution in [0.25, 0.3) is 0 Å². The standard InChI is InChI=1S/C15H18ClF2NO/c1-10-6-7-12(17)13(14(10)18)15(20)19(9-3-8-16)11-4-2-5-11/h6-7,11H,2-5,8-9H2,1H3. The van der Waals surface area contributed by atoms with Crippen LogP contribution in [0.15, 0.2) is 12.1 Å². The molecular formula is C15H18ClF2NO. The lowest BCUT2D eigenvalue weighted by Crippen LogP contribution is -2.45. The highest BCUT2D eigenvalue weighted by Gasteiger charge is 2.32. The average molecular weight is 302 g/mol. The van der Waals surface area contributed by atoms with Crippen molar-refractivity contribution < 1.29 is 13.6 Å². The highest BCUT2D eigenvalue weighted by Crippen LogP contribution is 2.28. The van der Waals surface area contributed by atoms with Gasteiger partial charge in [-0.25, -0.2) is 8.78 Å². The molecule has 1 amide bonds. The Labute approximate surface area is 122 Å². The summed E-state index contributed by atoms with van der Waals surface area (Å²) in [5.41, 5.74) is -0.160. The van der Waals surface area contributed by atoms with Gasteiger partial charge in [-0.15, -0.1) is 11.6 Å². The zero-order valence-corrected chi connectivity index (χ0v) is 12.2. The molecule has 0 atom stereocenters. The zero-order chi connectivity index (χ0) is 14.7. The van der Waals surface area contributed by atoms with E-state index < -0.39 is 23.1 Å². The molecule has 1 aromatic rings. The molecule has 0 aromatic heterocycles. The first kappa shape index (κ1) is 15.2. The molecule has 2 nitrogen and oxygen atoms in total. The van der Waals surface area contributed by atoms with Gasteiger partial charge in [-0.05, 0) is 44.2 Å². The van der Waals surface area contributed by atoms with Crippen LogP contribution in [0.1, 0.15) is 41.6 Å². The molecule has 1 fully saturated rings. The Morgan fingerprint density at radius 1 is 1.40 bits per heavy atom. The summed E-state index contributed by atoms with van der Waals surface area (Å²) in [4.78, 5) is 14.1. The maximum Gasteiger partial charge on any atom is 0.260 e. The molecule has 0 bridgehead atoms. The third kappa shape index (κ3) is 2.95. The topological polar surface area (TPSA) is 20.3 Å². The van der Waals surface area contributed by atoms with Gasteiger partial charge in [0.2, 0.25) is 0 Å². The van der Waals surface area contributed by atoms with Crippen molar-refractivity contribution in [3.8, 4) is 0 Å². The first-order chi connectivity index (χ1) is 9.56. The molecule has 0 N–H and O–H groups in total. The van der Waals surface area contributed by atoms with E-state index in [-0.39, 0.29) is 11.6 Å². The van der Waals surface area contributed by atoms with E-state index in [0.717, 1.165) is 25.3 Å². The summed E-state index contributed by atoms with van der Waals surface area (Å²) in [6.45, 7) is 1.97. The van der Waals surface area contributed by atoms with Gasteiger partial charge in [-0.2, -0.15) is 0 Å². The summed E-state index contributed by atoms with van der Waals surface area (Å²) in [7, 11) is 0. The van der Waals surface area contributed by atoms with Gasteiger partial charge in [0.1, 0.15) is 17.2 Å². The van der Waals surface area contributed by atoms with Crippen molar-refractivity contribution in [2.24, 2.45) is 0 Å². The second-order valence-electron chi connectivity index (χ2n) is 5.18. The number of halogens is 3. The Morgan fingerprint density at radius 3 is 2.65 bits per heavy atom. The second-order valence-corrected chi connectivity index (χ2v) is 5.56. The summed E-state index contributed by atoms with van der Waals surface area (Å²) >= 11 is 5.66. The molecule has 0 unspecified atom stereocenters. The van der Waals surface area contributed by atoms with Crippen molar-refractivity contribution >= 4 is 17.5 Å². The first-order valence-electron chi connectivity index (χ1n) is 6.87. The van der Waals surface area contributed by atoms with E-state index in [1.165, 1.54) is 13.0 Å². The molecule has 20 heavy (non-hydrogen) atoms. The van der Waals surface area contributed by atoms with Crippen molar-refractivity contribution in [3.63, 3.8) is 0 Å². The number of aryl methyl sites for hydroxylation is 1. The summed E-state index contributed by atoms with van der Waals surface area (Å²) < 4.78 is 27.9. The molecule has 0 aliphatic heterocycles. The SMILES string of the molecule is Cc1ccc(F)c(C(=O)N(CCCCl)C2CCC2)c1F. The van der Waals surface area contributed by atoms with E-state index in [9.17, 15) is 13.6 Å². The molecule has 1 aliphatic carbocycles. The fourth-order valence-electron chi connectivity index (χ4n) is 2.37. The molecule has 0 heterocycles. The monoisotopic (exact) mass is 301 g/mol. The van der Waals surface area contributed by atoms with Crippen molar-refractivity contribution in [2.75, 3.05) is 12.4 Å². The molecule has 2 rings (SSSR count). The first-order valence-corrected chi connectivity index (χ1v) is 7.41.